The van der Waals surface area contributed by atoms with E-state index in [1.54, 1.807) is 66.7 Å². The number of rotatable bonds is 7. The van der Waals surface area contributed by atoms with Crippen molar-refractivity contribution in [3.8, 4) is 5.75 Å². The Hall–Kier alpha value is -3.65. The van der Waals surface area contributed by atoms with Crippen molar-refractivity contribution in [3.05, 3.63) is 94.0 Å². The number of nitrogens with one attached hydrogen (secondary N) is 3. The van der Waals surface area contributed by atoms with Gasteiger partial charge in [0.25, 0.3) is 17.7 Å². The van der Waals surface area contributed by atoms with Crippen molar-refractivity contribution in [1.29, 1.82) is 0 Å². The van der Waals surface area contributed by atoms with Crippen molar-refractivity contribution in [3.63, 3.8) is 0 Å². The van der Waals surface area contributed by atoms with Gasteiger partial charge in [-0.05, 0) is 61.0 Å². The number of benzene rings is 3. The molecule has 3 aromatic carbocycles. The normalized spacial score (nSPS) is 10.2. The number of hydrogen-bond acceptors (Lipinski definition) is 4. The van der Waals surface area contributed by atoms with Gasteiger partial charge in [0.05, 0.1) is 12.2 Å². The molecule has 3 aromatic rings. The first-order valence-corrected chi connectivity index (χ1v) is 10.8. The van der Waals surface area contributed by atoms with Gasteiger partial charge >= 0.3 is 0 Å². The Morgan fingerprint density at radius 1 is 0.812 bits per heavy atom. The Kier molecular flexibility index (Phi) is 7.99. The molecule has 0 saturated carbocycles. The second kappa shape index (κ2) is 11.1. The van der Waals surface area contributed by atoms with Crippen molar-refractivity contribution in [2.75, 3.05) is 11.9 Å². The van der Waals surface area contributed by atoms with Gasteiger partial charge in [-0.2, -0.15) is 0 Å². The van der Waals surface area contributed by atoms with E-state index in [9.17, 15) is 14.4 Å². The molecule has 3 N–H and O–H groups in total. The second-order valence-electron chi connectivity index (χ2n) is 6.79. The number of hydrazine groups is 1. The van der Waals surface area contributed by atoms with Crippen LogP contribution in [0.1, 0.15) is 44.4 Å². The molecule has 0 atom stereocenters. The van der Waals surface area contributed by atoms with Gasteiger partial charge in [0.1, 0.15) is 5.75 Å². The van der Waals surface area contributed by atoms with Gasteiger partial charge in [-0.25, -0.2) is 0 Å². The van der Waals surface area contributed by atoms with E-state index in [-0.39, 0.29) is 5.91 Å². The quantitative estimate of drug-likeness (QED) is 0.418. The molecule has 164 valence electrons. The standard InChI is InChI=1S/C24H22BrN3O4/c1-2-14-32-21-13-10-18(25)15-20(21)24(31)28-27-23(30)17-8-11-19(12-9-17)26-22(29)16-6-4-3-5-7-16/h3-13,15H,2,14H2,1H3,(H,26,29)(H,27,30)(H,28,31). The highest BCUT2D eigenvalue weighted by Gasteiger charge is 2.15. The smallest absolute Gasteiger partial charge is 0.273 e. The van der Waals surface area contributed by atoms with Crippen molar-refractivity contribution >= 4 is 39.3 Å². The van der Waals surface area contributed by atoms with Gasteiger partial charge in [-0.3, -0.25) is 25.2 Å². The predicted octanol–water partition coefficient (Wildman–Crippen LogP) is 4.57. The van der Waals surface area contributed by atoms with Gasteiger partial charge in [-0.1, -0.05) is 41.1 Å². The van der Waals surface area contributed by atoms with Crippen LogP contribution in [0.15, 0.2) is 77.3 Å². The number of amides is 3. The summed E-state index contributed by atoms with van der Waals surface area (Å²) in [6, 6.07) is 20.2. The second-order valence-corrected chi connectivity index (χ2v) is 7.71. The molecule has 0 saturated heterocycles. The summed E-state index contributed by atoms with van der Waals surface area (Å²) in [5, 5.41) is 2.77. The third-order valence-electron chi connectivity index (χ3n) is 4.38. The van der Waals surface area contributed by atoms with E-state index in [0.717, 1.165) is 6.42 Å². The molecule has 0 fully saturated rings. The van der Waals surface area contributed by atoms with Crippen LogP contribution in [0.3, 0.4) is 0 Å². The van der Waals surface area contributed by atoms with Crippen molar-refractivity contribution in [1.82, 2.24) is 10.9 Å². The summed E-state index contributed by atoms with van der Waals surface area (Å²) >= 11 is 3.34. The summed E-state index contributed by atoms with van der Waals surface area (Å²) in [6.45, 7) is 2.44. The maximum absolute atomic E-state index is 12.6. The molecule has 32 heavy (non-hydrogen) atoms. The molecule has 0 aliphatic heterocycles. The van der Waals surface area contributed by atoms with Crippen LogP contribution in [0.4, 0.5) is 5.69 Å². The Morgan fingerprint density at radius 2 is 1.47 bits per heavy atom. The van der Waals surface area contributed by atoms with Gasteiger partial charge < -0.3 is 10.1 Å². The fraction of sp³-hybridized carbons (Fsp3) is 0.125. The van der Waals surface area contributed by atoms with Crippen molar-refractivity contribution in [2.24, 2.45) is 0 Å². The minimum absolute atomic E-state index is 0.245. The fourth-order valence-corrected chi connectivity index (χ4v) is 3.13. The molecule has 0 spiro atoms. The highest BCUT2D eigenvalue weighted by atomic mass is 79.9. The first-order valence-electron chi connectivity index (χ1n) is 9.97. The van der Waals surface area contributed by atoms with E-state index in [0.29, 0.717) is 39.2 Å². The fourth-order valence-electron chi connectivity index (χ4n) is 2.77. The Bertz CT molecular complexity index is 1100. The maximum atomic E-state index is 12.6. The van der Waals surface area contributed by atoms with Crippen LogP contribution in [0.2, 0.25) is 0 Å². The van der Waals surface area contributed by atoms with E-state index in [4.69, 9.17) is 4.74 Å². The third-order valence-corrected chi connectivity index (χ3v) is 4.87. The van der Waals surface area contributed by atoms with Gasteiger partial charge in [0.2, 0.25) is 0 Å². The maximum Gasteiger partial charge on any atom is 0.273 e. The lowest BCUT2D eigenvalue weighted by molar-refractivity contribution is 0.0844. The molecule has 0 unspecified atom stereocenters. The highest BCUT2D eigenvalue weighted by molar-refractivity contribution is 9.10. The largest absolute Gasteiger partial charge is 0.493 e. The molecule has 3 rings (SSSR count). The van der Waals surface area contributed by atoms with Crippen molar-refractivity contribution < 1.29 is 19.1 Å². The van der Waals surface area contributed by atoms with E-state index in [1.165, 1.54) is 0 Å². The summed E-state index contributed by atoms with van der Waals surface area (Å²) in [5.41, 5.74) is 6.49. The Morgan fingerprint density at radius 3 is 2.16 bits per heavy atom. The van der Waals surface area contributed by atoms with E-state index in [2.05, 4.69) is 32.1 Å². The average Bonchev–Trinajstić information content (AvgIpc) is 2.82. The molecule has 8 heteroatoms. The van der Waals surface area contributed by atoms with Crippen LogP contribution in [0.25, 0.3) is 0 Å². The summed E-state index contributed by atoms with van der Waals surface area (Å²) < 4.78 is 6.32. The first-order chi connectivity index (χ1) is 15.5. The molecule has 7 nitrogen and oxygen atoms in total. The zero-order valence-corrected chi connectivity index (χ0v) is 18.9. The van der Waals surface area contributed by atoms with Gasteiger partial charge in [0.15, 0.2) is 0 Å². The molecular weight excluding hydrogens is 474 g/mol. The molecule has 0 aliphatic carbocycles. The summed E-state index contributed by atoms with van der Waals surface area (Å²) in [6.07, 6.45) is 0.801. The Labute approximate surface area is 194 Å². The average molecular weight is 496 g/mol. The van der Waals surface area contributed by atoms with E-state index in [1.807, 2.05) is 13.0 Å². The molecular formula is C24H22BrN3O4. The topological polar surface area (TPSA) is 96.5 Å². The number of ether oxygens (including phenoxy) is 1. The minimum atomic E-state index is -0.502. The number of anilines is 1. The van der Waals surface area contributed by atoms with Crippen LogP contribution in [0, 0.1) is 0 Å². The van der Waals surface area contributed by atoms with E-state index >= 15 is 0 Å². The van der Waals surface area contributed by atoms with Gasteiger partial charge in [-0.15, -0.1) is 0 Å². The predicted molar refractivity (Wildman–Crippen MR) is 126 cm³/mol. The lowest BCUT2D eigenvalue weighted by Gasteiger charge is -2.12. The summed E-state index contributed by atoms with van der Waals surface area (Å²) in [5.74, 6) is -0.812. The molecule has 0 aromatic heterocycles. The van der Waals surface area contributed by atoms with Crippen LogP contribution in [-0.4, -0.2) is 24.3 Å². The zero-order valence-electron chi connectivity index (χ0n) is 17.4. The number of halogens is 1. The lowest BCUT2D eigenvalue weighted by Crippen LogP contribution is -2.41. The third kappa shape index (κ3) is 6.18. The van der Waals surface area contributed by atoms with Crippen LogP contribution in [0.5, 0.6) is 5.75 Å². The van der Waals surface area contributed by atoms with Crippen LogP contribution < -0.4 is 20.9 Å². The monoisotopic (exact) mass is 495 g/mol. The SMILES string of the molecule is CCCOc1ccc(Br)cc1C(=O)NNC(=O)c1ccc(NC(=O)c2ccccc2)cc1. The summed E-state index contributed by atoms with van der Waals surface area (Å²) in [4.78, 5) is 37.2. The zero-order chi connectivity index (χ0) is 22.9. The molecule has 0 radical (unpaired) electrons. The molecule has 3 amide bonds. The van der Waals surface area contributed by atoms with Crippen molar-refractivity contribution in [2.45, 2.75) is 13.3 Å². The van der Waals surface area contributed by atoms with Crippen LogP contribution >= 0.6 is 15.9 Å². The molecule has 0 bridgehead atoms. The van der Waals surface area contributed by atoms with Gasteiger partial charge in [0, 0.05) is 21.3 Å². The number of hydrogen-bond donors (Lipinski definition) is 3. The molecule has 0 aliphatic rings. The first kappa shape index (κ1) is 23.0. The van der Waals surface area contributed by atoms with Crippen LogP contribution in [-0.2, 0) is 0 Å². The molecule has 0 heterocycles. The minimum Gasteiger partial charge on any atom is -0.493 e. The number of carbonyl (C=O) groups is 3. The number of carbonyl (C=O) groups excluding carboxylic acids is 3. The summed E-state index contributed by atoms with van der Waals surface area (Å²) in [7, 11) is 0. The van der Waals surface area contributed by atoms with E-state index < -0.39 is 11.8 Å². The lowest BCUT2D eigenvalue weighted by atomic mass is 10.1. The highest BCUT2D eigenvalue weighted by Crippen LogP contribution is 2.23. The Balaban J connectivity index is 1.59.